The Labute approximate surface area is 147 Å². The number of Topliss-reactive ketones (excluding diaryl/α,β-unsaturated/α-hetero) is 1. The van der Waals surface area contributed by atoms with Crippen molar-refractivity contribution in [2.45, 2.75) is 12.8 Å². The quantitative estimate of drug-likeness (QED) is 0.542. The fourth-order valence-electron chi connectivity index (χ4n) is 2.41. The molecule has 2 aromatic carbocycles. The minimum absolute atomic E-state index is 0.0298. The number of halogens is 1. The average Bonchev–Trinajstić information content (AvgIpc) is 2.65. The normalized spacial score (nSPS) is 10.7. The molecule has 0 unspecified atom stereocenters. The lowest BCUT2D eigenvalue weighted by molar-refractivity contribution is -0.142. The fourth-order valence-corrected chi connectivity index (χ4v) is 2.41. The molecule has 1 N–H and O–H groups in total. The van der Waals surface area contributed by atoms with Crippen LogP contribution in [0.15, 0.2) is 53.3 Å². The fraction of sp³-hybridized carbons (Fsp3) is 0.158. The highest BCUT2D eigenvalue weighted by Crippen LogP contribution is 2.07. The molecule has 0 amide bonds. The maximum absolute atomic E-state index is 12.8. The lowest BCUT2D eigenvalue weighted by Crippen LogP contribution is -2.16. The molecule has 0 spiro atoms. The van der Waals surface area contributed by atoms with E-state index in [1.807, 2.05) is 0 Å². The molecule has 0 atom stereocenters. The number of aryl methyl sites for hydroxylation is 1. The molecule has 1 heterocycles. The van der Waals surface area contributed by atoms with Gasteiger partial charge in [-0.3, -0.25) is 14.4 Å². The number of carbonyl (C=O) groups is 2. The number of aromatic amines is 1. The van der Waals surface area contributed by atoms with Crippen LogP contribution >= 0.6 is 0 Å². The summed E-state index contributed by atoms with van der Waals surface area (Å²) in [4.78, 5) is 42.5. The minimum atomic E-state index is -0.587. The molecule has 3 rings (SSSR count). The molecule has 0 saturated carbocycles. The maximum Gasteiger partial charge on any atom is 0.306 e. The number of ether oxygens (including phenoxy) is 1. The first-order valence-corrected chi connectivity index (χ1v) is 7.95. The van der Waals surface area contributed by atoms with Crippen LogP contribution in [0.3, 0.4) is 0 Å². The van der Waals surface area contributed by atoms with E-state index in [0.29, 0.717) is 16.7 Å². The van der Waals surface area contributed by atoms with Gasteiger partial charge in [-0.25, -0.2) is 9.37 Å². The number of rotatable bonds is 6. The molecule has 0 fully saturated rings. The number of benzene rings is 2. The first kappa shape index (κ1) is 17.5. The molecule has 7 heteroatoms. The zero-order valence-electron chi connectivity index (χ0n) is 13.7. The van der Waals surface area contributed by atoms with Crippen LogP contribution in [0.2, 0.25) is 0 Å². The van der Waals surface area contributed by atoms with E-state index < -0.39 is 24.2 Å². The highest BCUT2D eigenvalue weighted by Gasteiger charge is 2.11. The molecule has 0 aliphatic carbocycles. The van der Waals surface area contributed by atoms with Gasteiger partial charge >= 0.3 is 5.97 Å². The summed E-state index contributed by atoms with van der Waals surface area (Å²) in [6.45, 7) is -0.424. The number of esters is 1. The van der Waals surface area contributed by atoms with Crippen molar-refractivity contribution in [1.29, 1.82) is 0 Å². The van der Waals surface area contributed by atoms with Crippen LogP contribution in [-0.4, -0.2) is 28.3 Å². The van der Waals surface area contributed by atoms with Crippen molar-refractivity contribution in [2.75, 3.05) is 6.61 Å². The third-order valence-corrected chi connectivity index (χ3v) is 3.76. The number of ketones is 1. The number of para-hydroxylation sites is 1. The molecular weight excluding hydrogens is 339 g/mol. The molecule has 1 aromatic heterocycles. The van der Waals surface area contributed by atoms with Gasteiger partial charge < -0.3 is 9.72 Å². The van der Waals surface area contributed by atoms with Crippen molar-refractivity contribution in [3.63, 3.8) is 0 Å². The van der Waals surface area contributed by atoms with Crippen LogP contribution in [0.5, 0.6) is 0 Å². The van der Waals surface area contributed by atoms with Crippen molar-refractivity contribution in [3.8, 4) is 0 Å². The summed E-state index contributed by atoms with van der Waals surface area (Å²) in [7, 11) is 0. The second kappa shape index (κ2) is 7.69. The topological polar surface area (TPSA) is 89.1 Å². The molecule has 0 aliphatic rings. The van der Waals surface area contributed by atoms with Gasteiger partial charge in [-0.2, -0.15) is 0 Å². The van der Waals surface area contributed by atoms with Gasteiger partial charge in [0.05, 0.1) is 17.3 Å². The standard InChI is InChI=1S/C19H15FN2O4/c20-13-7-5-12(6-8-13)16(23)11-26-18(24)10-9-17-21-15-4-2-1-3-14(15)19(25)22-17/h1-8H,9-11H2,(H,21,22,25). The lowest BCUT2D eigenvalue weighted by Gasteiger charge is -2.05. The smallest absolute Gasteiger partial charge is 0.306 e. The van der Waals surface area contributed by atoms with E-state index in [4.69, 9.17) is 4.74 Å². The van der Waals surface area contributed by atoms with Gasteiger partial charge in [-0.15, -0.1) is 0 Å². The molecule has 132 valence electrons. The number of hydrogen-bond donors (Lipinski definition) is 1. The van der Waals surface area contributed by atoms with Crippen LogP contribution in [0.4, 0.5) is 4.39 Å². The van der Waals surface area contributed by atoms with Crippen molar-refractivity contribution < 1.29 is 18.7 Å². The van der Waals surface area contributed by atoms with E-state index in [1.54, 1.807) is 24.3 Å². The molecule has 0 bridgehead atoms. The molecule has 0 radical (unpaired) electrons. The van der Waals surface area contributed by atoms with Gasteiger partial charge in [0.25, 0.3) is 5.56 Å². The third-order valence-electron chi connectivity index (χ3n) is 3.76. The summed E-state index contributed by atoms with van der Waals surface area (Å²) in [5.41, 5.74) is 0.538. The van der Waals surface area contributed by atoms with Crippen LogP contribution in [0.25, 0.3) is 10.9 Å². The van der Waals surface area contributed by atoms with Gasteiger partial charge in [0.1, 0.15) is 11.6 Å². The SMILES string of the molecule is O=C(CCc1nc2ccccc2c(=O)[nH]1)OCC(=O)c1ccc(F)cc1. The van der Waals surface area contributed by atoms with Crippen LogP contribution in [0.1, 0.15) is 22.6 Å². The van der Waals surface area contributed by atoms with Crippen molar-refractivity contribution in [3.05, 3.63) is 76.1 Å². The minimum Gasteiger partial charge on any atom is -0.457 e. The summed E-state index contributed by atoms with van der Waals surface area (Å²) in [5, 5.41) is 0.476. The molecule has 26 heavy (non-hydrogen) atoms. The van der Waals surface area contributed by atoms with E-state index in [9.17, 15) is 18.8 Å². The summed E-state index contributed by atoms with van der Waals surface area (Å²) in [6.07, 6.45) is 0.154. The second-order valence-electron chi connectivity index (χ2n) is 5.62. The van der Waals surface area contributed by atoms with Gasteiger partial charge in [-0.1, -0.05) is 12.1 Å². The first-order chi connectivity index (χ1) is 12.5. The Balaban J connectivity index is 1.55. The predicted octanol–water partition coefficient (Wildman–Crippen LogP) is 2.42. The lowest BCUT2D eigenvalue weighted by atomic mass is 10.1. The second-order valence-corrected chi connectivity index (χ2v) is 5.62. The van der Waals surface area contributed by atoms with Crippen molar-refractivity contribution in [1.82, 2.24) is 9.97 Å². The summed E-state index contributed by atoms with van der Waals surface area (Å²) >= 11 is 0. The molecule has 3 aromatic rings. The monoisotopic (exact) mass is 354 g/mol. The number of carbonyl (C=O) groups excluding carboxylic acids is 2. The van der Waals surface area contributed by atoms with Gasteiger partial charge in [0.15, 0.2) is 12.4 Å². The number of hydrogen-bond acceptors (Lipinski definition) is 5. The van der Waals surface area contributed by atoms with E-state index >= 15 is 0 Å². The summed E-state index contributed by atoms with van der Waals surface area (Å²) in [6, 6.07) is 11.9. The van der Waals surface area contributed by atoms with E-state index in [2.05, 4.69) is 9.97 Å². The Morgan fingerprint density at radius 1 is 1.08 bits per heavy atom. The average molecular weight is 354 g/mol. The molecule has 6 nitrogen and oxygen atoms in total. The molecular formula is C19H15FN2O4. The number of nitrogens with one attached hydrogen (secondary N) is 1. The number of aromatic nitrogens is 2. The van der Waals surface area contributed by atoms with E-state index in [1.165, 1.54) is 12.1 Å². The van der Waals surface area contributed by atoms with Crippen LogP contribution in [0, 0.1) is 5.82 Å². The Hall–Kier alpha value is -3.35. The Kier molecular flexibility index (Phi) is 5.17. The zero-order valence-corrected chi connectivity index (χ0v) is 13.7. The largest absolute Gasteiger partial charge is 0.457 e. The molecule has 0 saturated heterocycles. The number of H-pyrrole nitrogens is 1. The highest BCUT2D eigenvalue weighted by atomic mass is 19.1. The number of nitrogens with zero attached hydrogens (tertiary/aromatic N) is 1. The Morgan fingerprint density at radius 2 is 1.81 bits per heavy atom. The predicted molar refractivity (Wildman–Crippen MR) is 92.4 cm³/mol. The zero-order chi connectivity index (χ0) is 18.5. The maximum atomic E-state index is 12.8. The highest BCUT2D eigenvalue weighted by molar-refractivity contribution is 5.97. The van der Waals surface area contributed by atoms with Crippen LogP contribution < -0.4 is 5.56 Å². The third kappa shape index (κ3) is 4.18. The van der Waals surface area contributed by atoms with Gasteiger partial charge in [0, 0.05) is 12.0 Å². The Bertz CT molecular complexity index is 1010. The van der Waals surface area contributed by atoms with Crippen molar-refractivity contribution >= 4 is 22.7 Å². The summed E-state index contributed by atoms with van der Waals surface area (Å²) in [5.74, 6) is -1.09. The van der Waals surface area contributed by atoms with E-state index in [-0.39, 0.29) is 24.0 Å². The summed E-state index contributed by atoms with van der Waals surface area (Å²) < 4.78 is 17.7. The van der Waals surface area contributed by atoms with E-state index in [0.717, 1.165) is 12.1 Å². The van der Waals surface area contributed by atoms with Crippen molar-refractivity contribution in [2.24, 2.45) is 0 Å². The Morgan fingerprint density at radius 3 is 2.58 bits per heavy atom. The van der Waals surface area contributed by atoms with Crippen LogP contribution in [-0.2, 0) is 16.0 Å². The van der Waals surface area contributed by atoms with Gasteiger partial charge in [-0.05, 0) is 36.4 Å². The van der Waals surface area contributed by atoms with Gasteiger partial charge in [0.2, 0.25) is 0 Å². The first-order valence-electron chi connectivity index (χ1n) is 7.95. The number of fused-ring (bicyclic) bond motifs is 1. The molecule has 0 aliphatic heterocycles.